The average Bonchev–Trinajstić information content (AvgIpc) is 2.59. The maximum absolute atomic E-state index is 11.1. The highest BCUT2D eigenvalue weighted by molar-refractivity contribution is 6.30. The Kier molecular flexibility index (Phi) is 5.83. The van der Waals surface area contributed by atoms with Gasteiger partial charge in [-0.3, -0.25) is 4.79 Å². The third-order valence-corrected chi connectivity index (χ3v) is 3.44. The second-order valence-corrected chi connectivity index (χ2v) is 5.30. The van der Waals surface area contributed by atoms with Crippen LogP contribution >= 0.6 is 11.6 Å². The van der Waals surface area contributed by atoms with Gasteiger partial charge in [-0.05, 0) is 41.5 Å². The molecule has 6 heteroatoms. The second kappa shape index (κ2) is 8.04. The van der Waals surface area contributed by atoms with Gasteiger partial charge in [-0.2, -0.15) is 5.26 Å². The van der Waals surface area contributed by atoms with Crippen molar-refractivity contribution < 1.29 is 14.3 Å². The fourth-order valence-electron chi connectivity index (χ4n) is 1.96. The van der Waals surface area contributed by atoms with E-state index in [0.29, 0.717) is 28.7 Å². The number of methoxy groups -OCH3 is 1. The Morgan fingerprint density at radius 1 is 1.25 bits per heavy atom. The van der Waals surface area contributed by atoms with Crippen LogP contribution in [0.1, 0.15) is 11.1 Å². The van der Waals surface area contributed by atoms with Crippen molar-refractivity contribution in [2.75, 3.05) is 7.11 Å². The molecular weight excluding hydrogens is 328 g/mol. The van der Waals surface area contributed by atoms with Crippen molar-refractivity contribution in [1.82, 2.24) is 0 Å². The lowest BCUT2D eigenvalue weighted by Crippen LogP contribution is -2.12. The first kappa shape index (κ1) is 17.4. The third-order valence-electron chi connectivity index (χ3n) is 3.19. The molecule has 0 unspecified atom stereocenters. The Labute approximate surface area is 144 Å². The van der Waals surface area contributed by atoms with Gasteiger partial charge in [-0.15, -0.1) is 0 Å². The Hall–Kier alpha value is -2.97. The minimum atomic E-state index is -0.778. The van der Waals surface area contributed by atoms with E-state index in [-0.39, 0.29) is 5.57 Å². The molecule has 0 aliphatic rings. The zero-order valence-electron chi connectivity index (χ0n) is 13.0. The van der Waals surface area contributed by atoms with Crippen molar-refractivity contribution in [1.29, 1.82) is 5.26 Å². The molecule has 2 aromatic rings. The van der Waals surface area contributed by atoms with Crippen LogP contribution in [0.5, 0.6) is 11.5 Å². The molecule has 2 N–H and O–H groups in total. The number of primary amides is 1. The fourth-order valence-corrected chi connectivity index (χ4v) is 2.09. The summed E-state index contributed by atoms with van der Waals surface area (Å²) in [6, 6.07) is 14.2. The van der Waals surface area contributed by atoms with E-state index in [2.05, 4.69) is 0 Å². The molecular formula is C18H15ClN2O3. The van der Waals surface area contributed by atoms with Crippen LogP contribution < -0.4 is 15.2 Å². The standard InChI is InChI=1S/C18H15ClN2O3/c1-23-17-9-13(8-14(10-20)18(21)22)4-7-16(17)24-11-12-2-5-15(19)6-3-12/h2-9H,11H2,1H3,(H2,21,22)/b14-8-. The Morgan fingerprint density at radius 3 is 2.54 bits per heavy atom. The van der Waals surface area contributed by atoms with Gasteiger partial charge in [0.1, 0.15) is 18.2 Å². The number of ether oxygens (including phenoxy) is 2. The predicted octanol–water partition coefficient (Wildman–Crippen LogP) is 3.32. The van der Waals surface area contributed by atoms with Crippen molar-refractivity contribution in [3.05, 3.63) is 64.2 Å². The summed E-state index contributed by atoms with van der Waals surface area (Å²) in [7, 11) is 1.51. The minimum Gasteiger partial charge on any atom is -0.493 e. The van der Waals surface area contributed by atoms with Gasteiger partial charge in [-0.1, -0.05) is 29.8 Å². The number of carbonyl (C=O) groups excluding carboxylic acids is 1. The molecule has 24 heavy (non-hydrogen) atoms. The fraction of sp³-hybridized carbons (Fsp3) is 0.111. The Morgan fingerprint density at radius 2 is 1.96 bits per heavy atom. The summed E-state index contributed by atoms with van der Waals surface area (Å²) < 4.78 is 11.0. The van der Waals surface area contributed by atoms with E-state index in [0.717, 1.165) is 5.56 Å². The van der Waals surface area contributed by atoms with E-state index in [9.17, 15) is 4.79 Å². The monoisotopic (exact) mass is 342 g/mol. The molecule has 0 aromatic heterocycles. The number of nitrogens with two attached hydrogens (primary N) is 1. The molecule has 0 radical (unpaired) electrons. The number of nitrogens with zero attached hydrogens (tertiary/aromatic N) is 1. The van der Waals surface area contributed by atoms with Gasteiger partial charge in [0, 0.05) is 5.02 Å². The maximum Gasteiger partial charge on any atom is 0.259 e. The molecule has 0 aliphatic heterocycles. The number of hydrogen-bond acceptors (Lipinski definition) is 4. The molecule has 2 rings (SSSR count). The van der Waals surface area contributed by atoms with Gasteiger partial charge in [-0.25, -0.2) is 0 Å². The predicted molar refractivity (Wildman–Crippen MR) is 91.6 cm³/mol. The van der Waals surface area contributed by atoms with Gasteiger partial charge in [0.25, 0.3) is 5.91 Å². The Balaban J connectivity index is 2.18. The van der Waals surface area contributed by atoms with Gasteiger partial charge < -0.3 is 15.2 Å². The molecule has 0 bridgehead atoms. The first-order valence-electron chi connectivity index (χ1n) is 7.00. The number of carbonyl (C=O) groups is 1. The highest BCUT2D eigenvalue weighted by Crippen LogP contribution is 2.29. The van der Waals surface area contributed by atoms with Crippen LogP contribution in [0.3, 0.4) is 0 Å². The van der Waals surface area contributed by atoms with Crippen LogP contribution in [-0.2, 0) is 11.4 Å². The number of nitriles is 1. The SMILES string of the molecule is COc1cc(/C=C(/C#N)C(N)=O)ccc1OCc1ccc(Cl)cc1. The smallest absolute Gasteiger partial charge is 0.259 e. The van der Waals surface area contributed by atoms with Crippen molar-refractivity contribution in [2.24, 2.45) is 5.73 Å². The van der Waals surface area contributed by atoms with E-state index >= 15 is 0 Å². The first-order valence-corrected chi connectivity index (χ1v) is 7.38. The highest BCUT2D eigenvalue weighted by atomic mass is 35.5. The molecule has 0 saturated heterocycles. The summed E-state index contributed by atoms with van der Waals surface area (Å²) >= 11 is 5.85. The number of amides is 1. The molecule has 0 saturated carbocycles. The number of benzene rings is 2. The van der Waals surface area contributed by atoms with Crippen LogP contribution in [0, 0.1) is 11.3 Å². The van der Waals surface area contributed by atoms with Gasteiger partial charge >= 0.3 is 0 Å². The number of hydrogen-bond donors (Lipinski definition) is 1. The molecule has 0 atom stereocenters. The lowest BCUT2D eigenvalue weighted by molar-refractivity contribution is -0.114. The topological polar surface area (TPSA) is 85.3 Å². The van der Waals surface area contributed by atoms with Crippen molar-refractivity contribution in [3.63, 3.8) is 0 Å². The van der Waals surface area contributed by atoms with Gasteiger partial charge in [0.2, 0.25) is 0 Å². The number of rotatable bonds is 6. The summed E-state index contributed by atoms with van der Waals surface area (Å²) in [6.07, 6.45) is 1.40. The highest BCUT2D eigenvalue weighted by Gasteiger charge is 2.08. The van der Waals surface area contributed by atoms with Crippen LogP contribution in [0.4, 0.5) is 0 Å². The zero-order chi connectivity index (χ0) is 17.5. The maximum atomic E-state index is 11.1. The third kappa shape index (κ3) is 4.51. The summed E-state index contributed by atoms with van der Waals surface area (Å²) in [4.78, 5) is 11.1. The van der Waals surface area contributed by atoms with E-state index in [1.165, 1.54) is 13.2 Å². The summed E-state index contributed by atoms with van der Waals surface area (Å²) in [6.45, 7) is 0.355. The molecule has 5 nitrogen and oxygen atoms in total. The minimum absolute atomic E-state index is 0.133. The lowest BCUT2D eigenvalue weighted by atomic mass is 10.1. The van der Waals surface area contributed by atoms with E-state index in [1.54, 1.807) is 36.4 Å². The van der Waals surface area contributed by atoms with Crippen LogP contribution in [-0.4, -0.2) is 13.0 Å². The van der Waals surface area contributed by atoms with E-state index in [4.69, 9.17) is 32.1 Å². The summed E-state index contributed by atoms with van der Waals surface area (Å²) in [5, 5.41) is 9.55. The lowest BCUT2D eigenvalue weighted by Gasteiger charge is -2.11. The molecule has 1 amide bonds. The first-order chi connectivity index (χ1) is 11.5. The second-order valence-electron chi connectivity index (χ2n) is 4.86. The normalized spacial score (nSPS) is 10.8. The quantitative estimate of drug-likeness (QED) is 0.644. The van der Waals surface area contributed by atoms with E-state index < -0.39 is 5.91 Å². The summed E-state index contributed by atoms with van der Waals surface area (Å²) in [5.41, 5.74) is 6.57. The van der Waals surface area contributed by atoms with Crippen molar-refractivity contribution >= 4 is 23.6 Å². The molecule has 122 valence electrons. The molecule has 0 heterocycles. The van der Waals surface area contributed by atoms with Crippen LogP contribution in [0.2, 0.25) is 5.02 Å². The molecule has 0 aliphatic carbocycles. The molecule has 0 fully saturated rings. The van der Waals surface area contributed by atoms with Crippen molar-refractivity contribution in [3.8, 4) is 17.6 Å². The van der Waals surface area contributed by atoms with Crippen molar-refractivity contribution in [2.45, 2.75) is 6.61 Å². The zero-order valence-corrected chi connectivity index (χ0v) is 13.7. The van der Waals surface area contributed by atoms with Crippen LogP contribution in [0.25, 0.3) is 6.08 Å². The Bertz CT molecular complexity index is 808. The molecule has 0 spiro atoms. The average molecular weight is 343 g/mol. The van der Waals surface area contributed by atoms with Crippen LogP contribution in [0.15, 0.2) is 48.0 Å². The van der Waals surface area contributed by atoms with Gasteiger partial charge in [0.05, 0.1) is 7.11 Å². The largest absolute Gasteiger partial charge is 0.493 e. The molecule has 2 aromatic carbocycles. The van der Waals surface area contributed by atoms with E-state index in [1.807, 2.05) is 12.1 Å². The summed E-state index contributed by atoms with van der Waals surface area (Å²) in [5.74, 6) is 0.251. The van der Waals surface area contributed by atoms with Gasteiger partial charge in [0.15, 0.2) is 11.5 Å². The number of halogens is 1.